The fourth-order valence-corrected chi connectivity index (χ4v) is 1.93. The molecule has 0 aliphatic heterocycles. The van der Waals surface area contributed by atoms with Crippen molar-refractivity contribution in [3.8, 4) is 5.75 Å². The molecule has 2 aromatic carbocycles. The highest BCUT2D eigenvalue weighted by Crippen LogP contribution is 2.20. The van der Waals surface area contributed by atoms with Crippen LogP contribution in [0.5, 0.6) is 5.75 Å². The first-order chi connectivity index (χ1) is 8.65. The maximum absolute atomic E-state index is 10.6. The summed E-state index contributed by atoms with van der Waals surface area (Å²) in [6.07, 6.45) is 0. The lowest BCUT2D eigenvalue weighted by Gasteiger charge is -2.06. The van der Waals surface area contributed by atoms with Gasteiger partial charge in [0.25, 0.3) is 5.69 Å². The Morgan fingerprint density at radius 2 is 1.94 bits per heavy atom. The first-order valence-corrected chi connectivity index (χ1v) is 6.06. The van der Waals surface area contributed by atoms with Gasteiger partial charge in [-0.2, -0.15) is 0 Å². The molecular formula is C13H10BrNO3. The van der Waals surface area contributed by atoms with Crippen molar-refractivity contribution in [2.24, 2.45) is 0 Å². The third kappa shape index (κ3) is 3.30. The summed E-state index contributed by atoms with van der Waals surface area (Å²) in [5.74, 6) is 0.490. The smallest absolute Gasteiger partial charge is 0.273 e. The second kappa shape index (κ2) is 5.64. The monoisotopic (exact) mass is 307 g/mol. The molecule has 0 atom stereocenters. The topological polar surface area (TPSA) is 52.4 Å². The van der Waals surface area contributed by atoms with Crippen LogP contribution in [0, 0.1) is 10.1 Å². The molecule has 0 N–H and O–H groups in total. The molecule has 0 heterocycles. The SMILES string of the molecule is O=[N+]([O-])c1cccc(OCc2cccc(Br)c2)c1. The molecule has 2 aromatic rings. The van der Waals surface area contributed by atoms with Gasteiger partial charge in [0.15, 0.2) is 0 Å². The predicted molar refractivity (Wildman–Crippen MR) is 71.6 cm³/mol. The summed E-state index contributed by atoms with van der Waals surface area (Å²) in [6, 6.07) is 13.9. The highest BCUT2D eigenvalue weighted by Gasteiger charge is 2.06. The number of rotatable bonds is 4. The van der Waals surface area contributed by atoms with Crippen LogP contribution >= 0.6 is 15.9 Å². The van der Waals surface area contributed by atoms with Gasteiger partial charge in [-0.15, -0.1) is 0 Å². The number of ether oxygens (including phenoxy) is 1. The van der Waals surface area contributed by atoms with Gasteiger partial charge in [0.05, 0.1) is 11.0 Å². The van der Waals surface area contributed by atoms with E-state index >= 15 is 0 Å². The number of hydrogen-bond acceptors (Lipinski definition) is 3. The van der Waals surface area contributed by atoms with Crippen molar-refractivity contribution in [3.63, 3.8) is 0 Å². The number of halogens is 1. The summed E-state index contributed by atoms with van der Waals surface area (Å²) >= 11 is 3.37. The van der Waals surface area contributed by atoms with Crippen molar-refractivity contribution in [1.29, 1.82) is 0 Å². The fourth-order valence-electron chi connectivity index (χ4n) is 1.48. The van der Waals surface area contributed by atoms with Crippen molar-refractivity contribution >= 4 is 21.6 Å². The van der Waals surface area contributed by atoms with Gasteiger partial charge in [-0.3, -0.25) is 10.1 Å². The van der Waals surface area contributed by atoms with E-state index < -0.39 is 4.92 Å². The Kier molecular flexibility index (Phi) is 3.94. The molecule has 4 nitrogen and oxygen atoms in total. The number of benzene rings is 2. The average molecular weight is 308 g/mol. The zero-order valence-electron chi connectivity index (χ0n) is 9.38. The van der Waals surface area contributed by atoms with Gasteiger partial charge in [-0.1, -0.05) is 34.1 Å². The minimum atomic E-state index is -0.439. The van der Waals surface area contributed by atoms with Crippen LogP contribution in [0.1, 0.15) is 5.56 Å². The standard InChI is InChI=1S/C13H10BrNO3/c14-11-4-1-3-10(7-11)9-18-13-6-2-5-12(8-13)15(16)17/h1-8H,9H2. The summed E-state index contributed by atoms with van der Waals surface area (Å²) in [4.78, 5) is 10.2. The second-order valence-corrected chi connectivity index (χ2v) is 4.59. The van der Waals surface area contributed by atoms with E-state index in [2.05, 4.69) is 15.9 Å². The molecule has 0 bridgehead atoms. The first-order valence-electron chi connectivity index (χ1n) is 5.27. The molecule has 2 rings (SSSR count). The van der Waals surface area contributed by atoms with E-state index in [9.17, 15) is 10.1 Å². The van der Waals surface area contributed by atoms with Crippen LogP contribution in [0.15, 0.2) is 53.0 Å². The summed E-state index contributed by atoms with van der Waals surface area (Å²) in [7, 11) is 0. The Morgan fingerprint density at radius 3 is 2.67 bits per heavy atom. The zero-order valence-corrected chi connectivity index (χ0v) is 11.0. The molecule has 0 fully saturated rings. The molecule has 0 radical (unpaired) electrons. The van der Waals surface area contributed by atoms with Gasteiger partial charge < -0.3 is 4.74 Å². The molecular weight excluding hydrogens is 298 g/mol. The van der Waals surface area contributed by atoms with Crippen molar-refractivity contribution in [1.82, 2.24) is 0 Å². The van der Waals surface area contributed by atoms with E-state index in [-0.39, 0.29) is 5.69 Å². The minimum Gasteiger partial charge on any atom is -0.489 e. The summed E-state index contributed by atoms with van der Waals surface area (Å²) in [5.41, 5.74) is 1.03. The first kappa shape index (κ1) is 12.6. The number of nitro groups is 1. The van der Waals surface area contributed by atoms with Gasteiger partial charge in [0.1, 0.15) is 12.4 Å². The quantitative estimate of drug-likeness (QED) is 0.635. The second-order valence-electron chi connectivity index (χ2n) is 3.67. The Bertz CT molecular complexity index is 572. The molecule has 0 saturated carbocycles. The van der Waals surface area contributed by atoms with Gasteiger partial charge in [0.2, 0.25) is 0 Å². The normalized spacial score (nSPS) is 10.1. The Morgan fingerprint density at radius 1 is 1.17 bits per heavy atom. The van der Waals surface area contributed by atoms with E-state index in [1.807, 2.05) is 24.3 Å². The minimum absolute atomic E-state index is 0.0294. The van der Waals surface area contributed by atoms with Crippen LogP contribution in [0.3, 0.4) is 0 Å². The van der Waals surface area contributed by atoms with Crippen molar-refractivity contribution in [3.05, 3.63) is 68.7 Å². The Balaban J connectivity index is 2.06. The molecule has 0 spiro atoms. The van der Waals surface area contributed by atoms with Gasteiger partial charge >= 0.3 is 0 Å². The molecule has 0 aliphatic carbocycles. The lowest BCUT2D eigenvalue weighted by Crippen LogP contribution is -1.96. The molecule has 0 aliphatic rings. The molecule has 0 aromatic heterocycles. The molecule has 0 amide bonds. The van der Waals surface area contributed by atoms with Crippen LogP contribution in [0.2, 0.25) is 0 Å². The van der Waals surface area contributed by atoms with E-state index in [1.54, 1.807) is 12.1 Å². The molecule has 0 unspecified atom stereocenters. The van der Waals surface area contributed by atoms with Gasteiger partial charge in [-0.25, -0.2) is 0 Å². The summed E-state index contributed by atoms with van der Waals surface area (Å²) in [5, 5.41) is 10.6. The van der Waals surface area contributed by atoms with Crippen LogP contribution < -0.4 is 4.74 Å². The zero-order chi connectivity index (χ0) is 13.0. The molecule has 92 valence electrons. The maximum Gasteiger partial charge on any atom is 0.273 e. The number of nitrogens with zero attached hydrogens (tertiary/aromatic N) is 1. The lowest BCUT2D eigenvalue weighted by molar-refractivity contribution is -0.384. The van der Waals surface area contributed by atoms with Crippen molar-refractivity contribution in [2.45, 2.75) is 6.61 Å². The summed E-state index contributed by atoms with van der Waals surface area (Å²) in [6.45, 7) is 0.376. The highest BCUT2D eigenvalue weighted by atomic mass is 79.9. The third-order valence-electron chi connectivity index (χ3n) is 2.32. The molecule has 18 heavy (non-hydrogen) atoms. The summed E-state index contributed by atoms with van der Waals surface area (Å²) < 4.78 is 6.49. The van der Waals surface area contributed by atoms with Crippen molar-refractivity contribution in [2.75, 3.05) is 0 Å². The van der Waals surface area contributed by atoms with Crippen LogP contribution in [-0.2, 0) is 6.61 Å². The van der Waals surface area contributed by atoms with E-state index in [0.717, 1.165) is 10.0 Å². The number of hydrogen-bond donors (Lipinski definition) is 0. The predicted octanol–water partition coefficient (Wildman–Crippen LogP) is 3.94. The fraction of sp³-hybridized carbons (Fsp3) is 0.0769. The van der Waals surface area contributed by atoms with E-state index in [0.29, 0.717) is 12.4 Å². The van der Waals surface area contributed by atoms with Crippen LogP contribution in [-0.4, -0.2) is 4.92 Å². The van der Waals surface area contributed by atoms with E-state index in [4.69, 9.17) is 4.74 Å². The average Bonchev–Trinajstić information content (AvgIpc) is 2.37. The van der Waals surface area contributed by atoms with Gasteiger partial charge in [-0.05, 0) is 23.8 Å². The third-order valence-corrected chi connectivity index (χ3v) is 2.82. The lowest BCUT2D eigenvalue weighted by atomic mass is 10.2. The number of nitro benzene ring substituents is 1. The van der Waals surface area contributed by atoms with E-state index in [1.165, 1.54) is 12.1 Å². The number of non-ortho nitro benzene ring substituents is 1. The Labute approximate surface area is 112 Å². The van der Waals surface area contributed by atoms with Gasteiger partial charge in [0, 0.05) is 10.5 Å². The maximum atomic E-state index is 10.6. The van der Waals surface area contributed by atoms with Crippen molar-refractivity contribution < 1.29 is 9.66 Å². The molecule has 5 heteroatoms. The van der Waals surface area contributed by atoms with Crippen LogP contribution in [0.4, 0.5) is 5.69 Å². The van der Waals surface area contributed by atoms with Crippen LogP contribution in [0.25, 0.3) is 0 Å². The molecule has 0 saturated heterocycles. The largest absolute Gasteiger partial charge is 0.489 e. The highest BCUT2D eigenvalue weighted by molar-refractivity contribution is 9.10. The Hall–Kier alpha value is -1.88.